The molecule has 1 atom stereocenters. The topological polar surface area (TPSA) is 66.3 Å². The highest BCUT2D eigenvalue weighted by Gasteiger charge is 2.32. The van der Waals surface area contributed by atoms with Gasteiger partial charge in [-0.05, 0) is 25.8 Å². The first-order valence-corrected chi connectivity index (χ1v) is 4.97. The van der Waals surface area contributed by atoms with Gasteiger partial charge in [0, 0.05) is 18.4 Å². The number of hydrogen-bond acceptors (Lipinski definition) is 4. The van der Waals surface area contributed by atoms with Gasteiger partial charge in [0.1, 0.15) is 6.04 Å². The largest absolute Gasteiger partial charge is 0.480 e. The number of rotatable bonds is 2. The summed E-state index contributed by atoms with van der Waals surface area (Å²) in [6, 6.07) is 1.34. The number of carboxylic acids is 1. The predicted molar refractivity (Wildman–Crippen MR) is 54.8 cm³/mol. The minimum absolute atomic E-state index is 0.466. The molecule has 80 valence electrons. The van der Waals surface area contributed by atoms with Gasteiger partial charge in [-0.3, -0.25) is 0 Å². The minimum atomic E-state index is -0.794. The molecule has 0 saturated carbocycles. The van der Waals surface area contributed by atoms with Crippen molar-refractivity contribution in [1.82, 2.24) is 9.97 Å². The van der Waals surface area contributed by atoms with Crippen molar-refractivity contribution in [3.8, 4) is 0 Å². The van der Waals surface area contributed by atoms with E-state index in [2.05, 4.69) is 9.97 Å². The van der Waals surface area contributed by atoms with Crippen molar-refractivity contribution in [2.45, 2.75) is 25.8 Å². The maximum absolute atomic E-state index is 11.0. The van der Waals surface area contributed by atoms with E-state index < -0.39 is 12.0 Å². The third kappa shape index (κ3) is 1.91. The summed E-state index contributed by atoms with van der Waals surface area (Å²) < 4.78 is 0. The Bertz CT molecular complexity index is 381. The molecule has 0 amide bonds. The highest BCUT2D eigenvalue weighted by Crippen LogP contribution is 2.22. The van der Waals surface area contributed by atoms with E-state index >= 15 is 0 Å². The first-order valence-electron chi connectivity index (χ1n) is 4.97. The Balaban J connectivity index is 2.26. The van der Waals surface area contributed by atoms with E-state index in [1.54, 1.807) is 17.2 Å². The van der Waals surface area contributed by atoms with Crippen molar-refractivity contribution < 1.29 is 9.90 Å². The molecule has 0 unspecified atom stereocenters. The fraction of sp³-hybridized carbons (Fsp3) is 0.500. The lowest BCUT2D eigenvalue weighted by Gasteiger charge is -2.21. The summed E-state index contributed by atoms with van der Waals surface area (Å²) in [4.78, 5) is 21.1. The van der Waals surface area contributed by atoms with E-state index in [-0.39, 0.29) is 0 Å². The average Bonchev–Trinajstić information content (AvgIpc) is 2.65. The van der Waals surface area contributed by atoms with Crippen LogP contribution in [0.25, 0.3) is 0 Å². The van der Waals surface area contributed by atoms with Gasteiger partial charge in [-0.1, -0.05) is 0 Å². The Morgan fingerprint density at radius 1 is 1.67 bits per heavy atom. The third-order valence-electron chi connectivity index (χ3n) is 2.58. The molecule has 1 saturated heterocycles. The molecule has 1 aliphatic heterocycles. The lowest BCUT2D eigenvalue weighted by molar-refractivity contribution is -0.138. The smallest absolute Gasteiger partial charge is 0.326 e. The van der Waals surface area contributed by atoms with Crippen LogP contribution in [-0.4, -0.2) is 33.6 Å². The maximum atomic E-state index is 11.0. The molecule has 1 aromatic rings. The third-order valence-corrected chi connectivity index (χ3v) is 2.58. The molecule has 1 aliphatic rings. The summed E-state index contributed by atoms with van der Waals surface area (Å²) in [6.45, 7) is 2.59. The summed E-state index contributed by atoms with van der Waals surface area (Å²) in [6.07, 6.45) is 3.22. The van der Waals surface area contributed by atoms with Crippen molar-refractivity contribution in [2.75, 3.05) is 11.4 Å². The van der Waals surface area contributed by atoms with Gasteiger partial charge in [-0.25, -0.2) is 14.8 Å². The van der Waals surface area contributed by atoms with E-state index in [0.29, 0.717) is 12.4 Å². The number of aryl methyl sites for hydroxylation is 1. The maximum Gasteiger partial charge on any atom is 0.326 e. The minimum Gasteiger partial charge on any atom is -0.480 e. The number of carbonyl (C=O) groups is 1. The Morgan fingerprint density at radius 2 is 2.47 bits per heavy atom. The van der Waals surface area contributed by atoms with E-state index in [1.165, 1.54) is 0 Å². The zero-order valence-corrected chi connectivity index (χ0v) is 8.55. The lowest BCUT2D eigenvalue weighted by atomic mass is 10.2. The van der Waals surface area contributed by atoms with Crippen LogP contribution in [0.1, 0.15) is 18.5 Å². The lowest BCUT2D eigenvalue weighted by Crippen LogP contribution is -2.37. The van der Waals surface area contributed by atoms with Crippen molar-refractivity contribution in [2.24, 2.45) is 0 Å². The van der Waals surface area contributed by atoms with Crippen molar-refractivity contribution in [1.29, 1.82) is 0 Å². The van der Waals surface area contributed by atoms with E-state index in [1.807, 2.05) is 6.92 Å². The Hall–Kier alpha value is -1.65. The second-order valence-electron chi connectivity index (χ2n) is 3.69. The monoisotopic (exact) mass is 207 g/mol. The van der Waals surface area contributed by atoms with Crippen molar-refractivity contribution in [3.63, 3.8) is 0 Å². The average molecular weight is 207 g/mol. The van der Waals surface area contributed by atoms with Crippen molar-refractivity contribution in [3.05, 3.63) is 18.0 Å². The molecule has 0 aliphatic carbocycles. The SMILES string of the molecule is Cc1ccnc(N2CCC[C@@H]2C(=O)O)n1. The molecule has 0 aromatic carbocycles. The highest BCUT2D eigenvalue weighted by atomic mass is 16.4. The molecule has 5 nitrogen and oxygen atoms in total. The number of nitrogens with zero attached hydrogens (tertiary/aromatic N) is 3. The number of carboxylic acid groups (broad SMARTS) is 1. The van der Waals surface area contributed by atoms with Crippen LogP contribution in [0.2, 0.25) is 0 Å². The Kier molecular flexibility index (Phi) is 2.53. The van der Waals surface area contributed by atoms with Gasteiger partial charge in [-0.2, -0.15) is 0 Å². The van der Waals surface area contributed by atoms with E-state index in [4.69, 9.17) is 5.11 Å². The molecule has 0 radical (unpaired) electrons. The molecule has 0 spiro atoms. The molecule has 1 aromatic heterocycles. The summed E-state index contributed by atoms with van der Waals surface area (Å²) in [7, 11) is 0. The Labute approximate surface area is 87.8 Å². The van der Waals surface area contributed by atoms with Gasteiger partial charge < -0.3 is 10.0 Å². The highest BCUT2D eigenvalue weighted by molar-refractivity contribution is 5.77. The predicted octanol–water partition coefficient (Wildman–Crippen LogP) is 0.838. The Morgan fingerprint density at radius 3 is 3.13 bits per heavy atom. The van der Waals surface area contributed by atoms with Crippen LogP contribution in [0, 0.1) is 6.92 Å². The fourth-order valence-electron chi connectivity index (χ4n) is 1.84. The van der Waals surface area contributed by atoms with Crippen LogP contribution < -0.4 is 4.90 Å². The molecule has 5 heteroatoms. The summed E-state index contributed by atoms with van der Waals surface area (Å²) in [5.74, 6) is -0.266. The molecule has 2 rings (SSSR count). The second kappa shape index (κ2) is 3.84. The first-order chi connectivity index (χ1) is 7.18. The zero-order chi connectivity index (χ0) is 10.8. The van der Waals surface area contributed by atoms with Gasteiger partial charge >= 0.3 is 5.97 Å². The van der Waals surface area contributed by atoms with Crippen molar-refractivity contribution >= 4 is 11.9 Å². The van der Waals surface area contributed by atoms with Crippen LogP contribution in [-0.2, 0) is 4.79 Å². The van der Waals surface area contributed by atoms with E-state index in [9.17, 15) is 4.79 Å². The van der Waals surface area contributed by atoms with Crippen LogP contribution in [0.4, 0.5) is 5.95 Å². The van der Waals surface area contributed by atoms with Crippen LogP contribution in [0.5, 0.6) is 0 Å². The van der Waals surface area contributed by atoms with Gasteiger partial charge in [0.25, 0.3) is 0 Å². The molecule has 1 N–H and O–H groups in total. The molecule has 0 bridgehead atoms. The number of aliphatic carboxylic acids is 1. The number of anilines is 1. The van der Waals surface area contributed by atoms with Crippen LogP contribution in [0.15, 0.2) is 12.3 Å². The first kappa shape index (κ1) is 9.89. The second-order valence-corrected chi connectivity index (χ2v) is 3.69. The van der Waals surface area contributed by atoms with Crippen LogP contribution in [0.3, 0.4) is 0 Å². The van der Waals surface area contributed by atoms with Gasteiger partial charge in [-0.15, -0.1) is 0 Å². The van der Waals surface area contributed by atoms with Gasteiger partial charge in [0.15, 0.2) is 0 Å². The molecular formula is C10H13N3O2. The van der Waals surface area contributed by atoms with Gasteiger partial charge in [0.05, 0.1) is 0 Å². The molecular weight excluding hydrogens is 194 g/mol. The zero-order valence-electron chi connectivity index (χ0n) is 8.55. The molecule has 2 heterocycles. The summed E-state index contributed by atoms with van der Waals surface area (Å²) >= 11 is 0. The number of aromatic nitrogens is 2. The standard InChI is InChI=1S/C10H13N3O2/c1-7-4-5-11-10(12-7)13-6-2-3-8(13)9(14)15/h4-5,8H,2-3,6H2,1H3,(H,14,15)/t8-/m1/s1. The van der Waals surface area contributed by atoms with Gasteiger partial charge in [0.2, 0.25) is 5.95 Å². The summed E-state index contributed by atoms with van der Waals surface area (Å²) in [5.41, 5.74) is 0.857. The summed E-state index contributed by atoms with van der Waals surface area (Å²) in [5, 5.41) is 9.02. The normalized spacial score (nSPS) is 20.6. The van der Waals surface area contributed by atoms with Crippen LogP contribution >= 0.6 is 0 Å². The quantitative estimate of drug-likeness (QED) is 0.778. The fourth-order valence-corrected chi connectivity index (χ4v) is 1.84. The molecule has 15 heavy (non-hydrogen) atoms. The van der Waals surface area contributed by atoms with E-state index in [0.717, 1.165) is 18.7 Å². The number of hydrogen-bond donors (Lipinski definition) is 1. The molecule has 1 fully saturated rings.